The quantitative estimate of drug-likeness (QED) is 0.904. The highest BCUT2D eigenvalue weighted by atomic mass is 79.9. The molecule has 2 aromatic rings. The molecule has 1 aliphatic rings. The minimum atomic E-state index is 0.326. The second kappa shape index (κ2) is 5.70. The van der Waals surface area contributed by atoms with E-state index in [0.717, 1.165) is 24.0 Å². The van der Waals surface area contributed by atoms with Crippen molar-refractivity contribution in [3.63, 3.8) is 0 Å². The first-order valence-corrected chi connectivity index (χ1v) is 8.07. The SMILES string of the molecule is CCNC(c1c(Br)cnn1CC)C1Cc2ccccc21. The van der Waals surface area contributed by atoms with E-state index in [2.05, 4.69) is 69.1 Å². The average Bonchev–Trinajstić information content (AvgIpc) is 2.80. The zero-order valence-corrected chi connectivity index (χ0v) is 13.5. The molecule has 3 nitrogen and oxygen atoms in total. The average molecular weight is 334 g/mol. The summed E-state index contributed by atoms with van der Waals surface area (Å²) in [5.41, 5.74) is 4.24. The van der Waals surface area contributed by atoms with Crippen LogP contribution in [0.5, 0.6) is 0 Å². The molecule has 106 valence electrons. The number of benzene rings is 1. The van der Waals surface area contributed by atoms with Gasteiger partial charge >= 0.3 is 0 Å². The predicted octanol–water partition coefficient (Wildman–Crippen LogP) is 3.66. The molecule has 0 bridgehead atoms. The van der Waals surface area contributed by atoms with Crippen molar-refractivity contribution >= 4 is 15.9 Å². The number of aromatic nitrogens is 2. The Morgan fingerprint density at radius 1 is 1.40 bits per heavy atom. The molecule has 1 aliphatic carbocycles. The third-order valence-corrected chi connectivity index (χ3v) is 4.76. The molecule has 0 aliphatic heterocycles. The molecule has 1 N–H and O–H groups in total. The van der Waals surface area contributed by atoms with E-state index in [1.807, 2.05) is 6.20 Å². The molecular weight excluding hydrogens is 314 g/mol. The lowest BCUT2D eigenvalue weighted by atomic mass is 9.72. The second-order valence-electron chi connectivity index (χ2n) is 5.24. The van der Waals surface area contributed by atoms with Gasteiger partial charge in [-0.05, 0) is 46.9 Å². The monoisotopic (exact) mass is 333 g/mol. The summed E-state index contributed by atoms with van der Waals surface area (Å²) in [4.78, 5) is 0. The number of likely N-dealkylation sites (N-methyl/N-ethyl adjacent to an activating group) is 1. The molecule has 0 spiro atoms. The Bertz CT molecular complexity index is 606. The van der Waals surface area contributed by atoms with Gasteiger partial charge in [-0.1, -0.05) is 31.2 Å². The van der Waals surface area contributed by atoms with Gasteiger partial charge in [0.05, 0.1) is 22.4 Å². The number of aryl methyl sites for hydroxylation is 1. The molecule has 20 heavy (non-hydrogen) atoms. The maximum atomic E-state index is 4.46. The third-order valence-electron chi connectivity index (χ3n) is 4.15. The number of hydrogen-bond donors (Lipinski definition) is 1. The molecule has 0 saturated carbocycles. The minimum Gasteiger partial charge on any atom is -0.308 e. The Hall–Kier alpha value is -1.13. The fourth-order valence-corrected chi connectivity index (χ4v) is 3.72. The summed E-state index contributed by atoms with van der Waals surface area (Å²) in [6, 6.07) is 9.09. The van der Waals surface area contributed by atoms with Gasteiger partial charge < -0.3 is 5.32 Å². The molecule has 3 rings (SSSR count). The van der Waals surface area contributed by atoms with Crippen LogP contribution in [-0.2, 0) is 13.0 Å². The maximum absolute atomic E-state index is 4.46. The van der Waals surface area contributed by atoms with Crippen molar-refractivity contribution in [1.29, 1.82) is 0 Å². The first-order chi connectivity index (χ1) is 9.76. The number of nitrogens with zero attached hydrogens (tertiary/aromatic N) is 2. The molecule has 4 heteroatoms. The van der Waals surface area contributed by atoms with Crippen LogP contribution in [0.25, 0.3) is 0 Å². The van der Waals surface area contributed by atoms with Crippen LogP contribution in [0.15, 0.2) is 34.9 Å². The van der Waals surface area contributed by atoms with Gasteiger partial charge in [-0.15, -0.1) is 0 Å². The van der Waals surface area contributed by atoms with Crippen LogP contribution in [0.3, 0.4) is 0 Å². The zero-order valence-electron chi connectivity index (χ0n) is 11.9. The molecule has 0 radical (unpaired) electrons. The van der Waals surface area contributed by atoms with Crippen LogP contribution in [0.1, 0.15) is 42.6 Å². The van der Waals surface area contributed by atoms with E-state index in [1.165, 1.54) is 16.8 Å². The van der Waals surface area contributed by atoms with Crippen LogP contribution < -0.4 is 5.32 Å². The van der Waals surface area contributed by atoms with Gasteiger partial charge in [0.1, 0.15) is 0 Å². The van der Waals surface area contributed by atoms with Crippen molar-refractivity contribution in [2.75, 3.05) is 6.54 Å². The van der Waals surface area contributed by atoms with E-state index in [-0.39, 0.29) is 0 Å². The lowest BCUT2D eigenvalue weighted by Gasteiger charge is -2.37. The van der Waals surface area contributed by atoms with Crippen LogP contribution in [0, 0.1) is 0 Å². The Morgan fingerprint density at radius 3 is 2.90 bits per heavy atom. The van der Waals surface area contributed by atoms with E-state index in [9.17, 15) is 0 Å². The highest BCUT2D eigenvalue weighted by Crippen LogP contribution is 2.44. The third kappa shape index (κ3) is 2.21. The summed E-state index contributed by atoms with van der Waals surface area (Å²) < 4.78 is 3.20. The predicted molar refractivity (Wildman–Crippen MR) is 84.9 cm³/mol. The molecule has 2 atom stereocenters. The number of hydrogen-bond acceptors (Lipinski definition) is 2. The van der Waals surface area contributed by atoms with Crippen molar-refractivity contribution < 1.29 is 0 Å². The van der Waals surface area contributed by atoms with Gasteiger partial charge in [0, 0.05) is 12.5 Å². The molecule has 1 aromatic heterocycles. The second-order valence-corrected chi connectivity index (χ2v) is 6.09. The molecule has 0 fully saturated rings. The Balaban J connectivity index is 1.97. The van der Waals surface area contributed by atoms with E-state index in [0.29, 0.717) is 12.0 Å². The summed E-state index contributed by atoms with van der Waals surface area (Å²) in [6.07, 6.45) is 3.06. The standard InChI is InChI=1S/C16H20BrN3/c1-3-18-15(16-14(17)10-19-20(16)4-2)13-9-11-7-5-6-8-12(11)13/h5-8,10,13,15,18H,3-4,9H2,1-2H3. The maximum Gasteiger partial charge on any atom is 0.0701 e. The largest absolute Gasteiger partial charge is 0.308 e. The number of fused-ring (bicyclic) bond motifs is 1. The Kier molecular flexibility index (Phi) is 3.94. The van der Waals surface area contributed by atoms with Crippen LogP contribution >= 0.6 is 15.9 Å². The summed E-state index contributed by atoms with van der Waals surface area (Å²) in [5.74, 6) is 0.546. The lowest BCUT2D eigenvalue weighted by molar-refractivity contribution is 0.391. The van der Waals surface area contributed by atoms with Gasteiger partial charge in [-0.25, -0.2) is 0 Å². The topological polar surface area (TPSA) is 29.9 Å². The van der Waals surface area contributed by atoms with E-state index in [1.54, 1.807) is 0 Å². The lowest BCUT2D eigenvalue weighted by Crippen LogP contribution is -2.35. The molecule has 0 amide bonds. The summed E-state index contributed by atoms with van der Waals surface area (Å²) in [5, 5.41) is 8.12. The van der Waals surface area contributed by atoms with Crippen molar-refractivity contribution in [2.45, 2.75) is 38.8 Å². The fraction of sp³-hybridized carbons (Fsp3) is 0.438. The van der Waals surface area contributed by atoms with Gasteiger partial charge in [0.2, 0.25) is 0 Å². The Morgan fingerprint density at radius 2 is 2.20 bits per heavy atom. The van der Waals surface area contributed by atoms with Crippen molar-refractivity contribution in [3.05, 3.63) is 51.8 Å². The van der Waals surface area contributed by atoms with Crippen LogP contribution in [0.4, 0.5) is 0 Å². The molecule has 1 aromatic carbocycles. The van der Waals surface area contributed by atoms with Gasteiger partial charge in [-0.3, -0.25) is 4.68 Å². The van der Waals surface area contributed by atoms with Gasteiger partial charge in [-0.2, -0.15) is 5.10 Å². The van der Waals surface area contributed by atoms with Crippen molar-refractivity contribution in [3.8, 4) is 0 Å². The zero-order chi connectivity index (χ0) is 14.1. The summed E-state index contributed by atoms with van der Waals surface area (Å²) in [6.45, 7) is 6.17. The van der Waals surface area contributed by atoms with Gasteiger partial charge in [0.25, 0.3) is 0 Å². The Labute approximate surface area is 128 Å². The van der Waals surface area contributed by atoms with E-state index < -0.39 is 0 Å². The molecule has 2 unspecified atom stereocenters. The highest BCUT2D eigenvalue weighted by Gasteiger charge is 2.35. The van der Waals surface area contributed by atoms with Crippen LogP contribution in [-0.4, -0.2) is 16.3 Å². The molecule has 1 heterocycles. The first-order valence-electron chi connectivity index (χ1n) is 7.28. The number of nitrogens with one attached hydrogen (secondary N) is 1. The smallest absolute Gasteiger partial charge is 0.0701 e. The van der Waals surface area contributed by atoms with Crippen molar-refractivity contribution in [2.24, 2.45) is 0 Å². The normalized spacial score (nSPS) is 18.4. The summed E-state index contributed by atoms with van der Waals surface area (Å²) >= 11 is 3.67. The first kappa shape index (κ1) is 13.8. The van der Waals surface area contributed by atoms with Crippen molar-refractivity contribution in [1.82, 2.24) is 15.1 Å². The van der Waals surface area contributed by atoms with Crippen LogP contribution in [0.2, 0.25) is 0 Å². The van der Waals surface area contributed by atoms with Gasteiger partial charge in [0.15, 0.2) is 0 Å². The van der Waals surface area contributed by atoms with E-state index >= 15 is 0 Å². The fourth-order valence-electron chi connectivity index (χ4n) is 3.18. The summed E-state index contributed by atoms with van der Waals surface area (Å²) in [7, 11) is 0. The van der Waals surface area contributed by atoms with E-state index in [4.69, 9.17) is 0 Å². The highest BCUT2D eigenvalue weighted by molar-refractivity contribution is 9.10. The molecular formula is C16H20BrN3. The minimum absolute atomic E-state index is 0.326. The number of rotatable bonds is 5. The number of halogens is 1. The molecule has 0 saturated heterocycles.